The Morgan fingerprint density at radius 2 is 0.942 bits per heavy atom. The first kappa shape index (κ1) is 26.9. The van der Waals surface area contributed by atoms with Crippen molar-refractivity contribution in [2.75, 3.05) is 0 Å². The summed E-state index contributed by atoms with van der Waals surface area (Å²) in [6, 6.07) is 60.5. The Morgan fingerprint density at radius 3 is 1.77 bits per heavy atom. The number of benzene rings is 9. The fourth-order valence-corrected chi connectivity index (χ4v) is 9.66. The lowest BCUT2D eigenvalue weighted by Gasteiger charge is -2.10. The fourth-order valence-electron chi connectivity index (χ4n) is 9.66. The van der Waals surface area contributed by atoms with Crippen LogP contribution in [0.3, 0.4) is 0 Å². The minimum Gasteiger partial charge on any atom is -0.456 e. The molecule has 2 aliphatic carbocycles. The molecule has 0 bridgehead atoms. The first-order valence-electron chi connectivity index (χ1n) is 18.0. The second-order valence-electron chi connectivity index (χ2n) is 14.4. The molecule has 0 fully saturated rings. The first-order valence-corrected chi connectivity index (χ1v) is 18.0. The summed E-state index contributed by atoms with van der Waals surface area (Å²) in [6.45, 7) is 0. The molecule has 9 aromatic carbocycles. The Morgan fingerprint density at radius 1 is 0.327 bits per heavy atom. The van der Waals surface area contributed by atoms with Crippen LogP contribution < -0.4 is 0 Å². The van der Waals surface area contributed by atoms with E-state index in [0.29, 0.717) is 0 Å². The molecule has 2 nitrogen and oxygen atoms in total. The summed E-state index contributed by atoms with van der Waals surface area (Å²) in [7, 11) is 0. The van der Waals surface area contributed by atoms with Gasteiger partial charge in [0.2, 0.25) is 0 Å². The maximum absolute atomic E-state index is 6.49. The van der Waals surface area contributed by atoms with Gasteiger partial charge in [-0.3, -0.25) is 0 Å². The number of para-hydroxylation sites is 1. The lowest BCUT2D eigenvalue weighted by atomic mass is 9.93. The van der Waals surface area contributed by atoms with E-state index in [2.05, 4.69) is 168 Å². The van der Waals surface area contributed by atoms with Crippen LogP contribution in [0.4, 0.5) is 0 Å². The molecule has 0 saturated heterocycles. The van der Waals surface area contributed by atoms with Crippen molar-refractivity contribution in [1.29, 1.82) is 0 Å². The predicted octanol–water partition coefficient (Wildman–Crippen LogP) is 14.0. The third kappa shape index (κ3) is 3.30. The minimum atomic E-state index is 0.899. The number of nitrogens with zero attached hydrogens (tertiary/aromatic N) is 1. The molecule has 238 valence electrons. The summed E-state index contributed by atoms with van der Waals surface area (Å²) in [6.07, 6.45) is 0. The van der Waals surface area contributed by atoms with Gasteiger partial charge in [0.05, 0.1) is 11.0 Å². The van der Waals surface area contributed by atoms with E-state index in [-0.39, 0.29) is 0 Å². The molecular formula is C50H27NO. The number of rotatable bonds is 2. The van der Waals surface area contributed by atoms with E-state index in [4.69, 9.17) is 4.42 Å². The van der Waals surface area contributed by atoms with Crippen molar-refractivity contribution in [1.82, 2.24) is 4.57 Å². The summed E-state index contributed by atoms with van der Waals surface area (Å²) < 4.78 is 8.93. The van der Waals surface area contributed by atoms with Gasteiger partial charge < -0.3 is 8.98 Å². The van der Waals surface area contributed by atoms with Crippen LogP contribution in [0.25, 0.3) is 127 Å². The Hall–Kier alpha value is -6.90. The number of furan rings is 1. The molecule has 13 rings (SSSR count). The maximum Gasteiger partial charge on any atom is 0.135 e. The Bertz CT molecular complexity index is 3380. The van der Waals surface area contributed by atoms with E-state index in [9.17, 15) is 0 Å². The average molecular weight is 658 g/mol. The molecule has 2 aliphatic rings. The Labute approximate surface area is 298 Å². The standard InChI is InChI=1S/C50H27NO/c1-2-11-33-32(10-1)36-16-7-15-35-31(20-21-39(33)50(35)36)29-18-22-47-43(24-29)44-25-30(19-23-48(44)52-47)51-45-17-4-3-12-34(45)42-26-40-37-13-5-8-28-9-6-14-38(49(28)37)41(40)27-46(42)51/h1-27H. The summed E-state index contributed by atoms with van der Waals surface area (Å²) in [5.41, 5.74) is 18.3. The lowest BCUT2D eigenvalue weighted by molar-refractivity contribution is 0.669. The molecule has 11 aromatic rings. The Balaban J connectivity index is 1.03. The number of hydrogen-bond acceptors (Lipinski definition) is 1. The molecule has 2 heterocycles. The molecular weight excluding hydrogens is 631 g/mol. The number of hydrogen-bond donors (Lipinski definition) is 0. The van der Waals surface area contributed by atoms with Gasteiger partial charge in [-0.2, -0.15) is 0 Å². The third-order valence-corrected chi connectivity index (χ3v) is 11.9. The van der Waals surface area contributed by atoms with E-state index < -0.39 is 0 Å². The molecule has 0 spiro atoms. The van der Waals surface area contributed by atoms with E-state index in [1.54, 1.807) is 0 Å². The van der Waals surface area contributed by atoms with Crippen LogP contribution in [0.15, 0.2) is 168 Å². The van der Waals surface area contributed by atoms with E-state index in [0.717, 1.165) is 27.6 Å². The van der Waals surface area contributed by atoms with Gasteiger partial charge in [0, 0.05) is 27.2 Å². The number of aromatic nitrogens is 1. The number of fused-ring (bicyclic) bond motifs is 12. The largest absolute Gasteiger partial charge is 0.456 e. The summed E-state index contributed by atoms with van der Waals surface area (Å²) in [5.74, 6) is 0. The van der Waals surface area contributed by atoms with Gasteiger partial charge in [0.1, 0.15) is 11.2 Å². The molecule has 0 aliphatic heterocycles. The highest BCUT2D eigenvalue weighted by Gasteiger charge is 2.25. The zero-order chi connectivity index (χ0) is 33.7. The second kappa shape index (κ2) is 9.45. The molecule has 0 N–H and O–H groups in total. The van der Waals surface area contributed by atoms with E-state index >= 15 is 0 Å². The van der Waals surface area contributed by atoms with Crippen molar-refractivity contribution in [3.63, 3.8) is 0 Å². The first-order chi connectivity index (χ1) is 25.8. The maximum atomic E-state index is 6.49. The van der Waals surface area contributed by atoms with Gasteiger partial charge in [-0.25, -0.2) is 0 Å². The summed E-state index contributed by atoms with van der Waals surface area (Å²) in [4.78, 5) is 0. The van der Waals surface area contributed by atoms with Crippen LogP contribution in [-0.2, 0) is 0 Å². The Kier molecular flexibility index (Phi) is 4.89. The molecule has 0 atom stereocenters. The fraction of sp³-hybridized carbons (Fsp3) is 0. The van der Waals surface area contributed by atoms with Gasteiger partial charge in [-0.05, 0) is 126 Å². The summed E-state index contributed by atoms with van der Waals surface area (Å²) >= 11 is 0. The summed E-state index contributed by atoms with van der Waals surface area (Å²) in [5, 5.41) is 10.1. The van der Waals surface area contributed by atoms with Gasteiger partial charge in [-0.1, -0.05) is 115 Å². The van der Waals surface area contributed by atoms with Crippen molar-refractivity contribution in [2.45, 2.75) is 0 Å². The minimum absolute atomic E-state index is 0.899. The highest BCUT2D eigenvalue weighted by atomic mass is 16.3. The van der Waals surface area contributed by atoms with Gasteiger partial charge in [0.25, 0.3) is 0 Å². The van der Waals surface area contributed by atoms with E-state index in [1.165, 1.54) is 99.0 Å². The van der Waals surface area contributed by atoms with Crippen LogP contribution in [0.1, 0.15) is 0 Å². The zero-order valence-electron chi connectivity index (χ0n) is 27.9. The van der Waals surface area contributed by atoms with Crippen molar-refractivity contribution in [2.24, 2.45) is 0 Å². The average Bonchev–Trinajstić information content (AvgIpc) is 3.92. The smallest absolute Gasteiger partial charge is 0.135 e. The van der Waals surface area contributed by atoms with Crippen molar-refractivity contribution in [3.8, 4) is 61.3 Å². The molecule has 0 amide bonds. The topological polar surface area (TPSA) is 18.1 Å². The molecule has 2 aromatic heterocycles. The van der Waals surface area contributed by atoms with Crippen LogP contribution in [0.2, 0.25) is 0 Å². The predicted molar refractivity (Wildman–Crippen MR) is 217 cm³/mol. The van der Waals surface area contributed by atoms with Crippen molar-refractivity contribution < 1.29 is 4.42 Å². The SMILES string of the molecule is c1ccc2c(c1)-c1cccc3c(-c4ccc5oc6ccc(-n7c8ccccc8c8cc9c(cc87)-c7cccc8cccc-9c78)cc6c5c4)ccc-2c13. The second-order valence-corrected chi connectivity index (χ2v) is 14.4. The lowest BCUT2D eigenvalue weighted by Crippen LogP contribution is -1.94. The highest BCUT2D eigenvalue weighted by Crippen LogP contribution is 2.51. The molecule has 0 radical (unpaired) electrons. The van der Waals surface area contributed by atoms with Crippen LogP contribution in [0.5, 0.6) is 0 Å². The monoisotopic (exact) mass is 657 g/mol. The van der Waals surface area contributed by atoms with Crippen LogP contribution in [0, 0.1) is 0 Å². The van der Waals surface area contributed by atoms with Gasteiger partial charge in [0.15, 0.2) is 0 Å². The molecule has 52 heavy (non-hydrogen) atoms. The highest BCUT2D eigenvalue weighted by molar-refractivity contribution is 6.21. The quantitative estimate of drug-likeness (QED) is 0.181. The molecule has 2 heteroatoms. The van der Waals surface area contributed by atoms with Gasteiger partial charge >= 0.3 is 0 Å². The zero-order valence-corrected chi connectivity index (χ0v) is 27.9. The van der Waals surface area contributed by atoms with Crippen molar-refractivity contribution in [3.05, 3.63) is 164 Å². The van der Waals surface area contributed by atoms with Gasteiger partial charge in [-0.15, -0.1) is 0 Å². The van der Waals surface area contributed by atoms with Crippen LogP contribution in [-0.4, -0.2) is 4.57 Å². The van der Waals surface area contributed by atoms with Crippen LogP contribution >= 0.6 is 0 Å². The van der Waals surface area contributed by atoms with E-state index in [1.807, 2.05) is 0 Å². The molecule has 0 unspecified atom stereocenters. The third-order valence-electron chi connectivity index (χ3n) is 11.9. The van der Waals surface area contributed by atoms with Crippen molar-refractivity contribution >= 4 is 65.3 Å². The normalized spacial score (nSPS) is 12.6. The molecule has 0 saturated carbocycles.